The molecule has 6 nitrogen and oxygen atoms in total. The molecule has 1 N–H and O–H groups in total. The summed E-state index contributed by atoms with van der Waals surface area (Å²) in [6, 6.07) is 4.75. The van der Waals surface area contributed by atoms with E-state index in [4.69, 9.17) is 5.11 Å². The Morgan fingerprint density at radius 3 is 2.56 bits per heavy atom. The summed E-state index contributed by atoms with van der Waals surface area (Å²) < 4.78 is 0. The van der Waals surface area contributed by atoms with Crippen molar-refractivity contribution in [3.63, 3.8) is 0 Å². The number of imide groups is 1. The predicted molar refractivity (Wildman–Crippen MR) is 62.6 cm³/mol. The van der Waals surface area contributed by atoms with E-state index in [2.05, 4.69) is 4.98 Å². The lowest BCUT2D eigenvalue weighted by Gasteiger charge is -2.12. The molecule has 1 aromatic heterocycles. The lowest BCUT2D eigenvalue weighted by atomic mass is 10.3. The van der Waals surface area contributed by atoms with Gasteiger partial charge in [0, 0.05) is 18.9 Å². The average Bonchev–Trinajstić information content (AvgIpc) is 2.67. The summed E-state index contributed by atoms with van der Waals surface area (Å²) in [5, 5.41) is 8.51. The van der Waals surface area contributed by atoms with Crippen LogP contribution in [0.15, 0.2) is 24.3 Å². The number of hydrogen-bond donors (Lipinski definition) is 1. The van der Waals surface area contributed by atoms with Crippen molar-refractivity contribution in [1.29, 1.82) is 0 Å². The van der Waals surface area contributed by atoms with Gasteiger partial charge >= 0.3 is 5.97 Å². The average molecular weight is 246 g/mol. The normalized spacial score (nSPS) is 15.7. The lowest BCUT2D eigenvalue weighted by molar-refractivity contribution is -0.131. The highest BCUT2D eigenvalue weighted by atomic mass is 16.4. The fraction of sp³-hybridized carbons (Fsp3) is 0.167. The maximum absolute atomic E-state index is 11.5. The summed E-state index contributed by atoms with van der Waals surface area (Å²) >= 11 is 0. The van der Waals surface area contributed by atoms with Gasteiger partial charge in [0.2, 0.25) is 11.8 Å². The smallest absolute Gasteiger partial charge is 0.328 e. The number of carbonyl (C=O) groups excluding carboxylic acids is 2. The zero-order chi connectivity index (χ0) is 13.1. The molecule has 6 heteroatoms. The molecule has 1 aliphatic rings. The first-order valence-corrected chi connectivity index (χ1v) is 5.32. The molecular formula is C12H10N2O4. The van der Waals surface area contributed by atoms with Crippen molar-refractivity contribution in [3.8, 4) is 0 Å². The number of hydrogen-bond acceptors (Lipinski definition) is 4. The van der Waals surface area contributed by atoms with Gasteiger partial charge in [-0.2, -0.15) is 0 Å². The quantitative estimate of drug-likeness (QED) is 0.630. The number of amides is 2. The topological polar surface area (TPSA) is 87.6 Å². The Morgan fingerprint density at radius 1 is 1.28 bits per heavy atom. The standard InChI is InChI=1S/C12H10N2O4/c15-10-5-6-11(16)14(10)9-3-1-2-8(13-9)4-7-12(17)18/h1-4,7H,5-6H2,(H,17,18). The van der Waals surface area contributed by atoms with E-state index < -0.39 is 5.97 Å². The van der Waals surface area contributed by atoms with Gasteiger partial charge in [0.15, 0.2) is 0 Å². The first-order chi connectivity index (χ1) is 8.58. The molecule has 2 rings (SSSR count). The van der Waals surface area contributed by atoms with Crippen molar-refractivity contribution in [2.24, 2.45) is 0 Å². The molecule has 0 aliphatic carbocycles. The Hall–Kier alpha value is -2.50. The minimum absolute atomic E-state index is 0.190. The lowest BCUT2D eigenvalue weighted by Crippen LogP contribution is -2.29. The van der Waals surface area contributed by atoms with Gasteiger partial charge in [-0.25, -0.2) is 14.7 Å². The van der Waals surface area contributed by atoms with E-state index >= 15 is 0 Å². The largest absolute Gasteiger partial charge is 0.478 e. The van der Waals surface area contributed by atoms with Gasteiger partial charge < -0.3 is 5.11 Å². The fourth-order valence-corrected chi connectivity index (χ4v) is 1.65. The molecule has 2 amide bonds. The highest BCUT2D eigenvalue weighted by Crippen LogP contribution is 2.20. The fourth-order valence-electron chi connectivity index (χ4n) is 1.65. The molecule has 1 aromatic rings. The zero-order valence-electron chi connectivity index (χ0n) is 9.37. The number of aromatic nitrogens is 1. The Kier molecular flexibility index (Phi) is 3.18. The highest BCUT2D eigenvalue weighted by molar-refractivity contribution is 6.19. The van der Waals surface area contributed by atoms with E-state index in [1.807, 2.05) is 0 Å². The third kappa shape index (κ3) is 2.42. The van der Waals surface area contributed by atoms with E-state index in [1.165, 1.54) is 6.08 Å². The molecule has 2 heterocycles. The van der Waals surface area contributed by atoms with Gasteiger partial charge in [-0.15, -0.1) is 0 Å². The molecule has 0 saturated carbocycles. The summed E-state index contributed by atoms with van der Waals surface area (Å²) in [5.74, 6) is -1.43. The second-order valence-corrected chi connectivity index (χ2v) is 3.72. The van der Waals surface area contributed by atoms with Gasteiger partial charge in [-0.3, -0.25) is 9.59 Å². The number of carboxylic acids is 1. The summed E-state index contributed by atoms with van der Waals surface area (Å²) in [4.78, 5) is 38.5. The van der Waals surface area contributed by atoms with E-state index in [0.29, 0.717) is 5.69 Å². The Labute approximate surface area is 103 Å². The maximum Gasteiger partial charge on any atom is 0.328 e. The molecule has 0 spiro atoms. The zero-order valence-corrected chi connectivity index (χ0v) is 9.37. The molecule has 0 bridgehead atoms. The van der Waals surface area contributed by atoms with Crippen LogP contribution in [0.3, 0.4) is 0 Å². The van der Waals surface area contributed by atoms with Gasteiger partial charge in [-0.05, 0) is 18.2 Å². The van der Waals surface area contributed by atoms with E-state index in [1.54, 1.807) is 18.2 Å². The first kappa shape index (κ1) is 12.0. The van der Waals surface area contributed by atoms with E-state index in [-0.39, 0.29) is 30.5 Å². The monoisotopic (exact) mass is 246 g/mol. The van der Waals surface area contributed by atoms with E-state index in [0.717, 1.165) is 11.0 Å². The van der Waals surface area contributed by atoms with Crippen LogP contribution >= 0.6 is 0 Å². The third-order valence-electron chi connectivity index (χ3n) is 2.43. The van der Waals surface area contributed by atoms with Crippen LogP contribution in [0.2, 0.25) is 0 Å². The Morgan fingerprint density at radius 2 is 1.94 bits per heavy atom. The van der Waals surface area contributed by atoms with E-state index in [9.17, 15) is 14.4 Å². The van der Waals surface area contributed by atoms with Gasteiger partial charge in [0.05, 0.1) is 5.69 Å². The van der Waals surface area contributed by atoms with Crippen LogP contribution in [-0.2, 0) is 14.4 Å². The SMILES string of the molecule is O=C(O)C=Cc1cccc(N2C(=O)CCC2=O)n1. The molecule has 0 aromatic carbocycles. The van der Waals surface area contributed by atoms with Crippen LogP contribution in [0, 0.1) is 0 Å². The maximum atomic E-state index is 11.5. The summed E-state index contributed by atoms with van der Waals surface area (Å²) in [6.07, 6.45) is 2.63. The summed E-state index contributed by atoms with van der Waals surface area (Å²) in [5.41, 5.74) is 0.377. The molecule has 92 valence electrons. The molecule has 0 radical (unpaired) electrons. The number of aliphatic carboxylic acids is 1. The number of carboxylic acid groups (broad SMARTS) is 1. The minimum Gasteiger partial charge on any atom is -0.478 e. The van der Waals surface area contributed by atoms with Crippen molar-refractivity contribution >= 4 is 29.7 Å². The second-order valence-electron chi connectivity index (χ2n) is 3.72. The van der Waals surface area contributed by atoms with Crippen LogP contribution < -0.4 is 4.90 Å². The number of nitrogens with zero attached hydrogens (tertiary/aromatic N) is 2. The molecule has 0 atom stereocenters. The Balaban J connectivity index is 2.29. The molecular weight excluding hydrogens is 236 g/mol. The summed E-state index contributed by atoms with van der Waals surface area (Å²) in [6.45, 7) is 0. The Bertz CT molecular complexity index is 535. The number of pyridine rings is 1. The minimum atomic E-state index is -1.09. The van der Waals surface area contributed by atoms with Crippen molar-refractivity contribution in [2.45, 2.75) is 12.8 Å². The van der Waals surface area contributed by atoms with Crippen molar-refractivity contribution in [1.82, 2.24) is 4.98 Å². The van der Waals surface area contributed by atoms with Gasteiger partial charge in [0.25, 0.3) is 0 Å². The van der Waals surface area contributed by atoms with Crippen molar-refractivity contribution in [2.75, 3.05) is 4.90 Å². The van der Waals surface area contributed by atoms with Crippen LogP contribution in [0.1, 0.15) is 18.5 Å². The van der Waals surface area contributed by atoms with Crippen LogP contribution in [0.5, 0.6) is 0 Å². The molecule has 0 unspecified atom stereocenters. The molecule has 1 fully saturated rings. The number of anilines is 1. The molecule has 1 saturated heterocycles. The number of carbonyl (C=O) groups is 3. The summed E-state index contributed by atoms with van der Waals surface area (Å²) in [7, 11) is 0. The molecule has 18 heavy (non-hydrogen) atoms. The molecule has 1 aliphatic heterocycles. The van der Waals surface area contributed by atoms with Crippen molar-refractivity contribution in [3.05, 3.63) is 30.0 Å². The number of rotatable bonds is 3. The second kappa shape index (κ2) is 4.79. The highest BCUT2D eigenvalue weighted by Gasteiger charge is 2.31. The third-order valence-corrected chi connectivity index (χ3v) is 2.43. The predicted octanol–water partition coefficient (Wildman–Crippen LogP) is 0.833. The van der Waals surface area contributed by atoms with Crippen molar-refractivity contribution < 1.29 is 19.5 Å². The van der Waals surface area contributed by atoms with Gasteiger partial charge in [0.1, 0.15) is 5.82 Å². The van der Waals surface area contributed by atoms with Crippen LogP contribution in [0.4, 0.5) is 5.82 Å². The van der Waals surface area contributed by atoms with Gasteiger partial charge in [-0.1, -0.05) is 6.07 Å². The van der Waals surface area contributed by atoms with Crippen LogP contribution in [-0.4, -0.2) is 27.9 Å². The van der Waals surface area contributed by atoms with Crippen LogP contribution in [0.25, 0.3) is 6.08 Å². The first-order valence-electron chi connectivity index (χ1n) is 5.32.